The van der Waals surface area contributed by atoms with Gasteiger partial charge in [0.05, 0.1) is 11.6 Å². The number of likely N-dealkylation sites (tertiary alicyclic amines) is 1. The highest BCUT2D eigenvalue weighted by atomic mass is 35.5. The quantitative estimate of drug-likeness (QED) is 0.748. The monoisotopic (exact) mass is 337 g/mol. The van der Waals surface area contributed by atoms with Gasteiger partial charge >= 0.3 is 6.09 Å². The van der Waals surface area contributed by atoms with Gasteiger partial charge in [0.25, 0.3) is 0 Å². The molecule has 2 aromatic rings. The van der Waals surface area contributed by atoms with Crippen molar-refractivity contribution < 1.29 is 9.53 Å². The number of carbonyl (C=O) groups excluding carboxylic acids is 1. The van der Waals surface area contributed by atoms with E-state index in [4.69, 9.17) is 16.3 Å². The lowest BCUT2D eigenvalue weighted by Crippen LogP contribution is -2.42. The maximum Gasteiger partial charge on any atom is 0.410 e. The lowest BCUT2D eigenvalue weighted by atomic mass is 10.1. The van der Waals surface area contributed by atoms with Crippen LogP contribution in [0.5, 0.6) is 0 Å². The summed E-state index contributed by atoms with van der Waals surface area (Å²) >= 11 is 6.04. The molecule has 2 aromatic heterocycles. The molecule has 124 valence electrons. The number of halogens is 1. The second-order valence-electron chi connectivity index (χ2n) is 6.70. The lowest BCUT2D eigenvalue weighted by molar-refractivity contribution is 0.0185. The summed E-state index contributed by atoms with van der Waals surface area (Å²) < 4.78 is 7.30. The van der Waals surface area contributed by atoms with E-state index in [2.05, 4.69) is 15.3 Å². The van der Waals surface area contributed by atoms with Crippen LogP contribution in [-0.2, 0) is 4.74 Å². The smallest absolute Gasteiger partial charge is 0.410 e. The van der Waals surface area contributed by atoms with Crippen LogP contribution in [0.4, 0.5) is 4.79 Å². The summed E-state index contributed by atoms with van der Waals surface area (Å²) in [5.74, 6) is 0. The van der Waals surface area contributed by atoms with E-state index in [0.717, 1.165) is 18.4 Å². The summed E-state index contributed by atoms with van der Waals surface area (Å²) in [6, 6.07) is 2.05. The Labute approximate surface area is 139 Å². The molecular formula is C15H20ClN5O2. The third kappa shape index (κ3) is 3.39. The summed E-state index contributed by atoms with van der Waals surface area (Å²) in [4.78, 5) is 17.9. The Morgan fingerprint density at radius 1 is 1.35 bits per heavy atom. The first kappa shape index (κ1) is 16.0. The van der Waals surface area contributed by atoms with Gasteiger partial charge in [-0.3, -0.25) is 0 Å². The minimum absolute atomic E-state index is 0.192. The van der Waals surface area contributed by atoms with Gasteiger partial charge in [-0.15, -0.1) is 5.10 Å². The highest BCUT2D eigenvalue weighted by Gasteiger charge is 2.28. The van der Waals surface area contributed by atoms with Gasteiger partial charge in [-0.05, 0) is 39.7 Å². The normalized spacial score (nSPS) is 16.8. The number of ether oxygens (including phenoxy) is 1. The molecule has 0 N–H and O–H groups in total. The Hall–Kier alpha value is -1.89. The zero-order valence-corrected chi connectivity index (χ0v) is 14.2. The second-order valence-corrected chi connectivity index (χ2v) is 7.06. The highest BCUT2D eigenvalue weighted by Crippen LogP contribution is 2.27. The second kappa shape index (κ2) is 5.96. The number of fused-ring (bicyclic) bond motifs is 1. The first-order chi connectivity index (χ1) is 10.8. The molecule has 0 aromatic carbocycles. The molecule has 1 aliphatic heterocycles. The van der Waals surface area contributed by atoms with Crippen molar-refractivity contribution in [3.63, 3.8) is 0 Å². The standard InChI is InChI=1S/C15H20ClN5O2/c1-15(2,3)23-14(22)20-8-5-10(6-9-20)21-11-4-7-17-13(16)12(11)18-19-21/h4,7,10H,5-6,8-9H2,1-3H3. The van der Waals surface area contributed by atoms with Crippen LogP contribution in [-0.4, -0.2) is 49.7 Å². The third-order valence-corrected chi connectivity index (χ3v) is 4.08. The maximum absolute atomic E-state index is 12.1. The van der Waals surface area contributed by atoms with Crippen LogP contribution in [0, 0.1) is 0 Å². The molecule has 7 nitrogen and oxygen atoms in total. The van der Waals surface area contributed by atoms with Gasteiger partial charge in [-0.2, -0.15) is 0 Å². The van der Waals surface area contributed by atoms with Crippen LogP contribution in [0.15, 0.2) is 12.3 Å². The predicted octanol–water partition coefficient (Wildman–Crippen LogP) is 3.05. The highest BCUT2D eigenvalue weighted by molar-refractivity contribution is 6.33. The van der Waals surface area contributed by atoms with Crippen molar-refractivity contribution in [2.45, 2.75) is 45.3 Å². The van der Waals surface area contributed by atoms with Crippen molar-refractivity contribution in [2.75, 3.05) is 13.1 Å². The number of aromatic nitrogens is 4. The Morgan fingerprint density at radius 2 is 2.04 bits per heavy atom. The van der Waals surface area contributed by atoms with Crippen molar-refractivity contribution in [3.05, 3.63) is 17.4 Å². The van der Waals surface area contributed by atoms with Crippen LogP contribution >= 0.6 is 11.6 Å². The molecule has 0 saturated carbocycles. The van der Waals surface area contributed by atoms with Crippen molar-refractivity contribution in [1.82, 2.24) is 24.9 Å². The van der Waals surface area contributed by atoms with E-state index in [1.165, 1.54) is 0 Å². The van der Waals surface area contributed by atoms with E-state index in [-0.39, 0.29) is 12.1 Å². The SMILES string of the molecule is CC(C)(C)OC(=O)N1CCC(n2nnc3c(Cl)nccc32)CC1. The summed E-state index contributed by atoms with van der Waals surface area (Å²) in [6.07, 6.45) is 3.00. The molecule has 0 unspecified atom stereocenters. The van der Waals surface area contributed by atoms with E-state index >= 15 is 0 Å². The molecule has 0 bridgehead atoms. The van der Waals surface area contributed by atoms with Crippen LogP contribution in [0.1, 0.15) is 39.7 Å². The van der Waals surface area contributed by atoms with Crippen molar-refractivity contribution in [1.29, 1.82) is 0 Å². The van der Waals surface area contributed by atoms with Gasteiger partial charge in [0.1, 0.15) is 11.1 Å². The first-order valence-corrected chi connectivity index (χ1v) is 8.06. The number of piperidine rings is 1. The van der Waals surface area contributed by atoms with Gasteiger partial charge in [-0.1, -0.05) is 16.8 Å². The van der Waals surface area contributed by atoms with Crippen LogP contribution in [0.25, 0.3) is 11.0 Å². The number of carbonyl (C=O) groups is 1. The number of hydrogen-bond donors (Lipinski definition) is 0. The fraction of sp³-hybridized carbons (Fsp3) is 0.600. The van der Waals surface area contributed by atoms with Crippen LogP contribution in [0.2, 0.25) is 5.15 Å². The van der Waals surface area contributed by atoms with Crippen molar-refractivity contribution in [2.24, 2.45) is 0 Å². The van der Waals surface area contributed by atoms with E-state index < -0.39 is 5.60 Å². The number of nitrogens with zero attached hydrogens (tertiary/aromatic N) is 5. The van der Waals surface area contributed by atoms with E-state index in [0.29, 0.717) is 23.8 Å². The van der Waals surface area contributed by atoms with Gasteiger partial charge in [0.15, 0.2) is 5.15 Å². The lowest BCUT2D eigenvalue weighted by Gasteiger charge is -2.33. The van der Waals surface area contributed by atoms with Crippen LogP contribution < -0.4 is 0 Å². The third-order valence-electron chi connectivity index (χ3n) is 3.81. The molecule has 0 atom stereocenters. The molecule has 8 heteroatoms. The fourth-order valence-corrected chi connectivity index (χ4v) is 2.92. The molecule has 1 amide bonds. The van der Waals surface area contributed by atoms with Gasteiger partial charge in [-0.25, -0.2) is 14.5 Å². The van der Waals surface area contributed by atoms with Crippen molar-refractivity contribution >= 4 is 28.7 Å². The van der Waals surface area contributed by atoms with E-state index in [1.54, 1.807) is 11.1 Å². The van der Waals surface area contributed by atoms with E-state index in [9.17, 15) is 4.79 Å². The Morgan fingerprint density at radius 3 is 2.70 bits per heavy atom. The first-order valence-electron chi connectivity index (χ1n) is 7.68. The summed E-state index contributed by atoms with van der Waals surface area (Å²) in [5, 5.41) is 8.69. The molecule has 23 heavy (non-hydrogen) atoms. The minimum atomic E-state index is -0.472. The number of hydrogen-bond acceptors (Lipinski definition) is 5. The topological polar surface area (TPSA) is 73.1 Å². The average molecular weight is 338 g/mol. The molecule has 1 aliphatic rings. The van der Waals surface area contributed by atoms with Gasteiger partial charge < -0.3 is 9.64 Å². The van der Waals surface area contributed by atoms with Crippen LogP contribution in [0.3, 0.4) is 0 Å². The Balaban J connectivity index is 1.69. The average Bonchev–Trinajstić information content (AvgIpc) is 2.91. The zero-order chi connectivity index (χ0) is 16.6. The Kier molecular flexibility index (Phi) is 4.14. The zero-order valence-electron chi connectivity index (χ0n) is 13.5. The van der Waals surface area contributed by atoms with Gasteiger partial charge in [0.2, 0.25) is 0 Å². The molecule has 1 saturated heterocycles. The molecule has 0 radical (unpaired) electrons. The predicted molar refractivity (Wildman–Crippen MR) is 86.4 cm³/mol. The summed E-state index contributed by atoms with van der Waals surface area (Å²) in [5.41, 5.74) is 1.02. The summed E-state index contributed by atoms with van der Waals surface area (Å²) in [7, 11) is 0. The molecule has 0 spiro atoms. The van der Waals surface area contributed by atoms with Gasteiger partial charge in [0, 0.05) is 19.3 Å². The fourth-order valence-electron chi connectivity index (χ4n) is 2.73. The maximum atomic E-state index is 12.1. The molecule has 0 aliphatic carbocycles. The number of amides is 1. The summed E-state index contributed by atoms with van der Waals surface area (Å²) in [6.45, 7) is 6.89. The molecule has 3 heterocycles. The minimum Gasteiger partial charge on any atom is -0.444 e. The Bertz CT molecular complexity index is 716. The number of pyridine rings is 1. The molecule has 1 fully saturated rings. The number of rotatable bonds is 1. The van der Waals surface area contributed by atoms with Crippen molar-refractivity contribution in [3.8, 4) is 0 Å². The largest absolute Gasteiger partial charge is 0.444 e. The molecule has 3 rings (SSSR count). The molecular weight excluding hydrogens is 318 g/mol. The van der Waals surface area contributed by atoms with E-state index in [1.807, 2.05) is 31.5 Å².